The minimum Gasteiger partial charge on any atom is -0.359 e. The maximum Gasteiger partial charge on any atom is 0.246 e. The number of nitrogens with zero attached hydrogens (tertiary/aromatic N) is 1. The Morgan fingerprint density at radius 3 is 2.53 bits per heavy atom. The van der Waals surface area contributed by atoms with Crippen molar-refractivity contribution >= 4 is 46.6 Å². The highest BCUT2D eigenvalue weighted by atomic mass is 35.5. The van der Waals surface area contributed by atoms with Crippen LogP contribution in [0.1, 0.15) is 53.4 Å². The molecule has 38 heavy (non-hydrogen) atoms. The number of carbonyl (C=O) groups is 3. The van der Waals surface area contributed by atoms with Gasteiger partial charge in [0.1, 0.15) is 11.6 Å². The Kier molecular flexibility index (Phi) is 7.57. The van der Waals surface area contributed by atoms with Gasteiger partial charge in [0.15, 0.2) is 0 Å². The number of hydrogen-bond acceptors (Lipinski definition) is 4. The van der Waals surface area contributed by atoms with Gasteiger partial charge in [-0.25, -0.2) is 0 Å². The first-order chi connectivity index (χ1) is 18.0. The van der Waals surface area contributed by atoms with Crippen LogP contribution in [0.25, 0.3) is 0 Å². The standard InChI is InChI=1S/C29H37Cl2N3O4/c1-15(2)9-11-34-25(27(36)33-21-7-5-6-16(3)17(21)4)29-10-8-22(38-29)23(24(29)28(34)37)26(35)32-20-13-18(30)12-19(31)14-20/h8,10,12-17,21-25H,5-7,9,11H2,1-4H3,(H,32,35)(H,33,36)/t16-,17-,21+,22-,23+,24-,25-,29-/m0/s1. The lowest BCUT2D eigenvalue weighted by Gasteiger charge is -2.38. The smallest absolute Gasteiger partial charge is 0.246 e. The van der Waals surface area contributed by atoms with Crippen LogP contribution in [-0.4, -0.2) is 53.0 Å². The molecule has 8 atom stereocenters. The van der Waals surface area contributed by atoms with E-state index in [0.29, 0.717) is 40.0 Å². The lowest BCUT2D eigenvalue weighted by atomic mass is 9.73. The van der Waals surface area contributed by atoms with Gasteiger partial charge in [-0.3, -0.25) is 14.4 Å². The summed E-state index contributed by atoms with van der Waals surface area (Å²) in [5.41, 5.74) is -0.717. The van der Waals surface area contributed by atoms with E-state index in [-0.39, 0.29) is 23.8 Å². The van der Waals surface area contributed by atoms with Gasteiger partial charge >= 0.3 is 0 Å². The number of ether oxygens (including phenoxy) is 1. The van der Waals surface area contributed by atoms with Crippen molar-refractivity contribution in [3.8, 4) is 0 Å². The van der Waals surface area contributed by atoms with Crippen molar-refractivity contribution in [2.75, 3.05) is 11.9 Å². The number of nitrogens with one attached hydrogen (secondary N) is 2. The highest BCUT2D eigenvalue weighted by Crippen LogP contribution is 2.55. The van der Waals surface area contributed by atoms with Gasteiger partial charge in [-0.1, -0.05) is 75.9 Å². The number of rotatable bonds is 7. The van der Waals surface area contributed by atoms with Crippen molar-refractivity contribution in [3.63, 3.8) is 0 Å². The molecule has 9 heteroatoms. The Bertz CT molecular complexity index is 1140. The van der Waals surface area contributed by atoms with E-state index in [9.17, 15) is 14.4 Å². The van der Waals surface area contributed by atoms with Gasteiger partial charge in [-0.05, 0) is 48.8 Å². The number of hydrogen-bond donors (Lipinski definition) is 2. The molecule has 5 rings (SSSR count). The quantitative estimate of drug-likeness (QED) is 0.455. The minimum atomic E-state index is -1.17. The van der Waals surface area contributed by atoms with Crippen LogP contribution in [0, 0.1) is 29.6 Å². The van der Waals surface area contributed by atoms with Crippen LogP contribution in [0.5, 0.6) is 0 Å². The molecule has 4 aliphatic rings. The molecule has 1 aromatic rings. The predicted octanol–water partition coefficient (Wildman–Crippen LogP) is 5.07. The summed E-state index contributed by atoms with van der Waals surface area (Å²) in [6.07, 6.45) is 6.99. The fourth-order valence-corrected chi connectivity index (χ4v) is 7.33. The van der Waals surface area contributed by atoms with Crippen LogP contribution in [0.3, 0.4) is 0 Å². The lowest BCUT2D eigenvalue weighted by molar-refractivity contribution is -0.141. The topological polar surface area (TPSA) is 87.7 Å². The third kappa shape index (κ3) is 4.75. The summed E-state index contributed by atoms with van der Waals surface area (Å²) in [5, 5.41) is 6.95. The zero-order valence-electron chi connectivity index (χ0n) is 22.4. The predicted molar refractivity (Wildman–Crippen MR) is 148 cm³/mol. The number of benzene rings is 1. The van der Waals surface area contributed by atoms with Gasteiger partial charge in [0.2, 0.25) is 17.7 Å². The first-order valence-corrected chi connectivity index (χ1v) is 14.5. The number of likely N-dealkylation sites (tertiary alicyclic amines) is 1. The number of fused-ring (bicyclic) bond motifs is 1. The number of carbonyl (C=O) groups excluding carboxylic acids is 3. The van der Waals surface area contributed by atoms with Crippen molar-refractivity contribution < 1.29 is 19.1 Å². The van der Waals surface area contributed by atoms with Crippen molar-refractivity contribution in [2.24, 2.45) is 29.6 Å². The van der Waals surface area contributed by atoms with Crippen molar-refractivity contribution in [2.45, 2.75) is 77.2 Å². The van der Waals surface area contributed by atoms with Gasteiger partial charge in [0.05, 0.1) is 17.9 Å². The van der Waals surface area contributed by atoms with Crippen LogP contribution >= 0.6 is 23.2 Å². The van der Waals surface area contributed by atoms with Gasteiger partial charge < -0.3 is 20.3 Å². The average Bonchev–Trinajstić information content (AvgIpc) is 3.47. The molecule has 1 spiro atoms. The fraction of sp³-hybridized carbons (Fsp3) is 0.621. The first-order valence-electron chi connectivity index (χ1n) is 13.8. The van der Waals surface area contributed by atoms with Crippen LogP contribution in [0.15, 0.2) is 30.4 Å². The molecule has 3 amide bonds. The molecule has 7 nitrogen and oxygen atoms in total. The first kappa shape index (κ1) is 27.5. The normalized spacial score (nSPS) is 35.6. The van der Waals surface area contributed by atoms with Gasteiger partial charge in [-0.2, -0.15) is 0 Å². The summed E-state index contributed by atoms with van der Waals surface area (Å²) >= 11 is 12.2. The molecule has 0 aromatic heterocycles. The zero-order chi connectivity index (χ0) is 27.4. The molecule has 2 bridgehead atoms. The third-order valence-corrected chi connectivity index (χ3v) is 9.47. The van der Waals surface area contributed by atoms with Crippen LogP contribution in [0.4, 0.5) is 5.69 Å². The molecule has 3 aliphatic heterocycles. The molecule has 1 saturated carbocycles. The van der Waals surface area contributed by atoms with Gasteiger partial charge in [0.25, 0.3) is 0 Å². The van der Waals surface area contributed by atoms with Crippen molar-refractivity contribution in [1.82, 2.24) is 10.2 Å². The van der Waals surface area contributed by atoms with Crippen molar-refractivity contribution in [1.29, 1.82) is 0 Å². The summed E-state index contributed by atoms with van der Waals surface area (Å²) in [6.45, 7) is 9.03. The highest BCUT2D eigenvalue weighted by Gasteiger charge is 2.72. The van der Waals surface area contributed by atoms with E-state index >= 15 is 0 Å². The Morgan fingerprint density at radius 1 is 1.13 bits per heavy atom. The van der Waals surface area contributed by atoms with E-state index in [4.69, 9.17) is 27.9 Å². The maximum absolute atomic E-state index is 14.0. The molecule has 2 saturated heterocycles. The molecule has 1 aliphatic carbocycles. The van der Waals surface area contributed by atoms with E-state index in [2.05, 4.69) is 38.3 Å². The van der Waals surface area contributed by atoms with Crippen LogP contribution in [-0.2, 0) is 19.1 Å². The molecular weight excluding hydrogens is 525 g/mol. The second-order valence-electron chi connectivity index (χ2n) is 11.9. The Morgan fingerprint density at radius 2 is 1.84 bits per heavy atom. The van der Waals surface area contributed by atoms with E-state index in [1.807, 2.05) is 12.2 Å². The van der Waals surface area contributed by atoms with Crippen molar-refractivity contribution in [3.05, 3.63) is 40.4 Å². The van der Waals surface area contributed by atoms with Crippen LogP contribution in [0.2, 0.25) is 10.0 Å². The fourth-order valence-electron chi connectivity index (χ4n) is 6.80. The number of halogens is 2. The van der Waals surface area contributed by atoms with E-state index in [0.717, 1.165) is 25.7 Å². The second kappa shape index (κ2) is 10.5. The Balaban J connectivity index is 1.44. The molecular formula is C29H37Cl2N3O4. The number of anilines is 1. The molecule has 2 N–H and O–H groups in total. The average molecular weight is 563 g/mol. The SMILES string of the molecule is CC(C)CCN1C(=O)[C@@H]2[C@H](C(=O)Nc3cc(Cl)cc(Cl)c3)[C@@H]3C=C[C@@]2(O3)[C@@H]1C(=O)N[C@@H]1CCC[C@H](C)[C@@H]1C. The Labute approximate surface area is 234 Å². The lowest BCUT2D eigenvalue weighted by Crippen LogP contribution is -2.58. The van der Waals surface area contributed by atoms with E-state index < -0.39 is 29.6 Å². The minimum absolute atomic E-state index is 0.0537. The monoisotopic (exact) mass is 561 g/mol. The largest absolute Gasteiger partial charge is 0.359 e. The molecule has 0 unspecified atom stereocenters. The molecule has 1 aromatic carbocycles. The second-order valence-corrected chi connectivity index (χ2v) is 12.8. The zero-order valence-corrected chi connectivity index (χ0v) is 23.9. The summed E-state index contributed by atoms with van der Waals surface area (Å²) < 4.78 is 6.43. The summed E-state index contributed by atoms with van der Waals surface area (Å²) in [5.74, 6) is -1.07. The van der Waals surface area contributed by atoms with E-state index in [1.165, 1.54) is 0 Å². The molecule has 3 heterocycles. The highest BCUT2D eigenvalue weighted by molar-refractivity contribution is 6.35. The van der Waals surface area contributed by atoms with Gasteiger partial charge in [0, 0.05) is 28.3 Å². The molecule has 0 radical (unpaired) electrons. The maximum atomic E-state index is 14.0. The molecule has 206 valence electrons. The number of amides is 3. The van der Waals surface area contributed by atoms with Gasteiger partial charge in [-0.15, -0.1) is 0 Å². The Hall–Kier alpha value is -2.09. The summed E-state index contributed by atoms with van der Waals surface area (Å²) in [7, 11) is 0. The van der Waals surface area contributed by atoms with Crippen LogP contribution < -0.4 is 10.6 Å². The third-order valence-electron chi connectivity index (χ3n) is 9.04. The molecule has 3 fully saturated rings. The summed E-state index contributed by atoms with van der Waals surface area (Å²) in [6, 6.07) is 4.04. The van der Waals surface area contributed by atoms with E-state index in [1.54, 1.807) is 23.1 Å². The summed E-state index contributed by atoms with van der Waals surface area (Å²) in [4.78, 5) is 43.2.